The molecule has 4 nitrogen and oxygen atoms in total. The highest BCUT2D eigenvalue weighted by Gasteiger charge is 2.20. The van der Waals surface area contributed by atoms with Gasteiger partial charge in [-0.05, 0) is 43.0 Å². The van der Waals surface area contributed by atoms with Crippen LogP contribution >= 0.6 is 0 Å². The van der Waals surface area contributed by atoms with Crippen molar-refractivity contribution in [1.29, 1.82) is 0 Å². The van der Waals surface area contributed by atoms with Crippen molar-refractivity contribution in [3.05, 3.63) is 48.0 Å². The van der Waals surface area contributed by atoms with E-state index in [4.69, 9.17) is 4.74 Å². The third-order valence-electron chi connectivity index (χ3n) is 3.73. The molecule has 0 spiro atoms. The van der Waals surface area contributed by atoms with Gasteiger partial charge in [0.25, 0.3) is 0 Å². The molecule has 1 saturated carbocycles. The molecule has 2 aromatic rings. The molecular weight excluding hydrogens is 250 g/mol. The second-order valence-electron chi connectivity index (χ2n) is 5.39. The monoisotopic (exact) mass is 271 g/mol. The van der Waals surface area contributed by atoms with E-state index >= 15 is 0 Å². The van der Waals surface area contributed by atoms with Gasteiger partial charge < -0.3 is 14.6 Å². The lowest BCUT2D eigenvalue weighted by atomic mass is 10.2. The topological polar surface area (TPSA) is 39.1 Å². The van der Waals surface area contributed by atoms with Crippen LogP contribution in [0.5, 0.6) is 5.75 Å². The summed E-state index contributed by atoms with van der Waals surface area (Å²) in [4.78, 5) is 4.44. The molecule has 1 aromatic heterocycles. The molecule has 0 unspecified atom stereocenters. The fraction of sp³-hybridized carbons (Fsp3) is 0.438. The van der Waals surface area contributed by atoms with Crippen LogP contribution in [-0.4, -0.2) is 23.2 Å². The first-order chi connectivity index (χ1) is 9.85. The zero-order valence-electron chi connectivity index (χ0n) is 11.9. The van der Waals surface area contributed by atoms with Crippen molar-refractivity contribution in [2.24, 2.45) is 5.92 Å². The zero-order chi connectivity index (χ0) is 13.8. The molecule has 1 aliphatic carbocycles. The SMILES string of the molecule is COc1ccc(Cn2ccnc2CNCC2CC2)cc1. The summed E-state index contributed by atoms with van der Waals surface area (Å²) in [5.41, 5.74) is 1.26. The highest BCUT2D eigenvalue weighted by molar-refractivity contribution is 5.27. The van der Waals surface area contributed by atoms with Crippen LogP contribution in [0.15, 0.2) is 36.7 Å². The molecule has 4 heteroatoms. The average Bonchev–Trinajstić information content (AvgIpc) is 3.20. The minimum atomic E-state index is 0.847. The number of ether oxygens (including phenoxy) is 1. The van der Waals surface area contributed by atoms with Gasteiger partial charge in [-0.2, -0.15) is 0 Å². The van der Waals surface area contributed by atoms with E-state index in [1.807, 2.05) is 24.5 Å². The van der Waals surface area contributed by atoms with Crippen LogP contribution in [0.2, 0.25) is 0 Å². The number of aromatic nitrogens is 2. The first kappa shape index (κ1) is 13.2. The minimum absolute atomic E-state index is 0.847. The van der Waals surface area contributed by atoms with E-state index in [2.05, 4.69) is 27.0 Å². The molecule has 0 saturated heterocycles. The van der Waals surface area contributed by atoms with Crippen LogP contribution in [0.4, 0.5) is 0 Å². The summed E-state index contributed by atoms with van der Waals surface area (Å²) < 4.78 is 7.38. The van der Waals surface area contributed by atoms with Crippen molar-refractivity contribution in [3.8, 4) is 5.75 Å². The molecule has 20 heavy (non-hydrogen) atoms. The maximum Gasteiger partial charge on any atom is 0.122 e. The Hall–Kier alpha value is -1.81. The predicted octanol–water partition coefficient (Wildman–Crippen LogP) is 2.44. The predicted molar refractivity (Wildman–Crippen MR) is 78.8 cm³/mol. The number of methoxy groups -OCH3 is 1. The molecule has 1 heterocycles. The lowest BCUT2D eigenvalue weighted by Crippen LogP contribution is -2.19. The molecular formula is C16H21N3O. The second-order valence-corrected chi connectivity index (χ2v) is 5.39. The minimum Gasteiger partial charge on any atom is -0.497 e. The van der Waals surface area contributed by atoms with E-state index in [1.165, 1.54) is 18.4 Å². The van der Waals surface area contributed by atoms with Crippen LogP contribution in [0, 0.1) is 5.92 Å². The van der Waals surface area contributed by atoms with Crippen LogP contribution in [0.3, 0.4) is 0 Å². The van der Waals surface area contributed by atoms with Crippen LogP contribution in [0.25, 0.3) is 0 Å². The maximum absolute atomic E-state index is 5.18. The van der Waals surface area contributed by atoms with Crippen molar-refractivity contribution in [2.45, 2.75) is 25.9 Å². The Kier molecular flexibility index (Phi) is 4.02. The van der Waals surface area contributed by atoms with Crippen molar-refractivity contribution in [1.82, 2.24) is 14.9 Å². The normalized spacial score (nSPS) is 14.4. The van der Waals surface area contributed by atoms with Gasteiger partial charge in [0.1, 0.15) is 11.6 Å². The number of imidazole rings is 1. The fourth-order valence-corrected chi connectivity index (χ4v) is 2.29. The number of hydrogen-bond acceptors (Lipinski definition) is 3. The summed E-state index contributed by atoms with van der Waals surface area (Å²) in [6.45, 7) is 2.82. The number of nitrogens with one attached hydrogen (secondary N) is 1. The zero-order valence-corrected chi connectivity index (χ0v) is 11.9. The Morgan fingerprint density at radius 2 is 2.10 bits per heavy atom. The third-order valence-corrected chi connectivity index (χ3v) is 3.73. The highest BCUT2D eigenvalue weighted by atomic mass is 16.5. The van der Waals surface area contributed by atoms with Gasteiger partial charge in [0, 0.05) is 18.9 Å². The number of hydrogen-bond donors (Lipinski definition) is 1. The molecule has 106 valence electrons. The van der Waals surface area contributed by atoms with Crippen LogP contribution in [-0.2, 0) is 13.1 Å². The van der Waals surface area contributed by atoms with E-state index in [0.29, 0.717) is 0 Å². The largest absolute Gasteiger partial charge is 0.497 e. The van der Waals surface area contributed by atoms with Crippen LogP contribution < -0.4 is 10.1 Å². The van der Waals surface area contributed by atoms with Gasteiger partial charge in [-0.1, -0.05) is 12.1 Å². The van der Waals surface area contributed by atoms with Crippen molar-refractivity contribution >= 4 is 0 Å². The molecule has 0 aliphatic heterocycles. The second kappa shape index (κ2) is 6.09. The number of benzene rings is 1. The molecule has 3 rings (SSSR count). The Labute approximate surface area is 119 Å². The Bertz CT molecular complexity index is 543. The number of rotatable bonds is 7. The highest BCUT2D eigenvalue weighted by Crippen LogP contribution is 2.27. The molecule has 1 fully saturated rings. The summed E-state index contributed by atoms with van der Waals surface area (Å²) in [6.07, 6.45) is 6.68. The van der Waals surface area contributed by atoms with Gasteiger partial charge in [-0.15, -0.1) is 0 Å². The third kappa shape index (κ3) is 3.39. The van der Waals surface area contributed by atoms with E-state index < -0.39 is 0 Å². The molecule has 0 amide bonds. The maximum atomic E-state index is 5.18. The quantitative estimate of drug-likeness (QED) is 0.840. The Morgan fingerprint density at radius 3 is 2.80 bits per heavy atom. The van der Waals surface area contributed by atoms with E-state index in [9.17, 15) is 0 Å². The van der Waals surface area contributed by atoms with Crippen molar-refractivity contribution in [2.75, 3.05) is 13.7 Å². The average molecular weight is 271 g/mol. The molecule has 1 N–H and O–H groups in total. The van der Waals surface area contributed by atoms with Gasteiger partial charge in [0.2, 0.25) is 0 Å². The summed E-state index contributed by atoms with van der Waals surface area (Å²) in [5, 5.41) is 3.49. The summed E-state index contributed by atoms with van der Waals surface area (Å²) >= 11 is 0. The lowest BCUT2D eigenvalue weighted by molar-refractivity contribution is 0.414. The summed E-state index contributed by atoms with van der Waals surface area (Å²) in [5.74, 6) is 2.90. The lowest BCUT2D eigenvalue weighted by Gasteiger charge is -2.09. The Balaban J connectivity index is 1.59. The smallest absolute Gasteiger partial charge is 0.122 e. The van der Waals surface area contributed by atoms with Gasteiger partial charge >= 0.3 is 0 Å². The van der Waals surface area contributed by atoms with E-state index in [1.54, 1.807) is 7.11 Å². The number of nitrogens with zero attached hydrogens (tertiary/aromatic N) is 2. The van der Waals surface area contributed by atoms with Crippen molar-refractivity contribution < 1.29 is 4.74 Å². The first-order valence-corrected chi connectivity index (χ1v) is 7.19. The summed E-state index contributed by atoms with van der Waals surface area (Å²) in [6, 6.07) is 8.19. The van der Waals surface area contributed by atoms with Crippen LogP contribution in [0.1, 0.15) is 24.2 Å². The van der Waals surface area contributed by atoms with Gasteiger partial charge in [0.15, 0.2) is 0 Å². The van der Waals surface area contributed by atoms with Gasteiger partial charge in [0.05, 0.1) is 13.7 Å². The van der Waals surface area contributed by atoms with E-state index in [-0.39, 0.29) is 0 Å². The van der Waals surface area contributed by atoms with Gasteiger partial charge in [-0.3, -0.25) is 0 Å². The molecule has 1 aromatic carbocycles. The molecule has 0 bridgehead atoms. The Morgan fingerprint density at radius 1 is 1.30 bits per heavy atom. The summed E-state index contributed by atoms with van der Waals surface area (Å²) in [7, 11) is 1.69. The fourth-order valence-electron chi connectivity index (χ4n) is 2.29. The van der Waals surface area contributed by atoms with E-state index in [0.717, 1.165) is 37.1 Å². The first-order valence-electron chi connectivity index (χ1n) is 7.19. The van der Waals surface area contributed by atoms with Crippen molar-refractivity contribution in [3.63, 3.8) is 0 Å². The molecule has 0 atom stereocenters. The molecule has 1 aliphatic rings. The standard InChI is InChI=1S/C16H21N3O/c1-20-15-6-4-14(5-7-15)12-19-9-8-18-16(19)11-17-10-13-2-3-13/h4-9,13,17H,2-3,10-12H2,1H3. The molecule has 0 radical (unpaired) electrons. The van der Waals surface area contributed by atoms with Gasteiger partial charge in [-0.25, -0.2) is 4.98 Å².